The van der Waals surface area contributed by atoms with Crippen LogP contribution in [0, 0.1) is 0 Å². The Balaban J connectivity index is 1.85. The fraction of sp³-hybridized carbons (Fsp3) is 0.133. The Hall–Kier alpha value is -2.74. The van der Waals surface area contributed by atoms with Crippen molar-refractivity contribution in [1.29, 1.82) is 0 Å². The third kappa shape index (κ3) is 3.54. The fourth-order valence-electron chi connectivity index (χ4n) is 2.02. The van der Waals surface area contributed by atoms with E-state index in [1.54, 1.807) is 24.3 Å². The molecule has 0 spiro atoms. The quantitative estimate of drug-likeness (QED) is 0.707. The Labute approximate surface area is 133 Å². The Kier molecular flexibility index (Phi) is 4.07. The highest BCUT2D eigenvalue weighted by atomic mass is 32.2. The van der Waals surface area contributed by atoms with Gasteiger partial charge in [-0.05, 0) is 28.1 Å². The number of hydrogen-bond donors (Lipinski definition) is 0. The highest BCUT2D eigenvalue weighted by Gasteiger charge is 2.18. The van der Waals surface area contributed by atoms with Crippen LogP contribution in [0.5, 0.6) is 5.75 Å². The van der Waals surface area contributed by atoms with Gasteiger partial charge >= 0.3 is 0 Å². The van der Waals surface area contributed by atoms with Crippen molar-refractivity contribution in [3.63, 3.8) is 0 Å². The lowest BCUT2D eigenvalue weighted by Crippen LogP contribution is -2.09. The average molecular weight is 330 g/mol. The number of rotatable bonds is 5. The maximum absolute atomic E-state index is 11.7. The number of sulfone groups is 1. The Morgan fingerprint density at radius 1 is 1.09 bits per heavy atom. The molecule has 0 N–H and O–H groups in total. The maximum Gasteiger partial charge on any atom is 0.272 e. The topological polar surface area (TPSA) is 87.0 Å². The van der Waals surface area contributed by atoms with Gasteiger partial charge in [-0.3, -0.25) is 0 Å². The Morgan fingerprint density at radius 3 is 2.61 bits per heavy atom. The van der Waals surface area contributed by atoms with Crippen LogP contribution in [-0.2, 0) is 16.4 Å². The summed E-state index contributed by atoms with van der Waals surface area (Å²) in [6, 6.07) is 16.7. The van der Waals surface area contributed by atoms with E-state index in [0.717, 1.165) is 11.8 Å². The van der Waals surface area contributed by atoms with Gasteiger partial charge in [0.05, 0.1) is 5.69 Å². The summed E-state index contributed by atoms with van der Waals surface area (Å²) in [5, 5.41) is 10.5. The highest BCUT2D eigenvalue weighted by molar-refractivity contribution is 7.90. The van der Waals surface area contributed by atoms with E-state index in [0.29, 0.717) is 18.0 Å². The van der Waals surface area contributed by atoms with E-state index >= 15 is 0 Å². The lowest BCUT2D eigenvalue weighted by atomic mass is 10.2. The van der Waals surface area contributed by atoms with Crippen molar-refractivity contribution in [2.75, 3.05) is 6.26 Å². The molecule has 0 atom stereocenters. The van der Waals surface area contributed by atoms with Gasteiger partial charge in [0.1, 0.15) is 12.4 Å². The normalized spacial score (nSPS) is 11.3. The molecule has 1 aromatic heterocycles. The van der Waals surface area contributed by atoms with Gasteiger partial charge in [0.15, 0.2) is 0 Å². The molecule has 0 saturated heterocycles. The largest absolute Gasteiger partial charge is 0.489 e. The first-order valence-corrected chi connectivity index (χ1v) is 8.69. The summed E-state index contributed by atoms with van der Waals surface area (Å²) in [5.41, 5.74) is 1.55. The smallest absolute Gasteiger partial charge is 0.272 e. The molecule has 0 fully saturated rings. The third-order valence-corrected chi connectivity index (χ3v) is 4.00. The van der Waals surface area contributed by atoms with Crippen molar-refractivity contribution in [2.45, 2.75) is 11.8 Å². The predicted octanol–water partition coefficient (Wildman–Crippen LogP) is 1.64. The first kappa shape index (κ1) is 15.2. The second kappa shape index (κ2) is 6.17. The lowest BCUT2D eigenvalue weighted by molar-refractivity contribution is 0.306. The van der Waals surface area contributed by atoms with Gasteiger partial charge in [0.2, 0.25) is 9.84 Å². The van der Waals surface area contributed by atoms with Crippen LogP contribution < -0.4 is 4.74 Å². The van der Waals surface area contributed by atoms with Crippen LogP contribution >= 0.6 is 0 Å². The van der Waals surface area contributed by atoms with Crippen LogP contribution in [0.25, 0.3) is 5.69 Å². The first-order valence-electron chi connectivity index (χ1n) is 6.79. The number of hydrogen-bond acceptors (Lipinski definition) is 6. The SMILES string of the molecule is CS(=O)(=O)c1nnnn1-c1cccc(OCc2ccccc2)c1. The molecule has 1 heterocycles. The molecular formula is C15H14N4O3S. The summed E-state index contributed by atoms with van der Waals surface area (Å²) in [6.45, 7) is 0.416. The molecule has 0 aliphatic rings. The molecule has 0 bridgehead atoms. The van der Waals surface area contributed by atoms with Crippen molar-refractivity contribution in [1.82, 2.24) is 20.2 Å². The summed E-state index contributed by atoms with van der Waals surface area (Å²) in [5.74, 6) is 0.598. The molecule has 8 heteroatoms. The van der Waals surface area contributed by atoms with E-state index in [4.69, 9.17) is 4.74 Å². The van der Waals surface area contributed by atoms with E-state index in [-0.39, 0.29) is 5.16 Å². The molecule has 0 saturated carbocycles. The fourth-order valence-corrected chi connectivity index (χ4v) is 2.66. The van der Waals surface area contributed by atoms with Crippen LogP contribution in [0.1, 0.15) is 5.56 Å². The minimum absolute atomic E-state index is 0.210. The molecule has 2 aromatic carbocycles. The van der Waals surface area contributed by atoms with Gasteiger partial charge < -0.3 is 4.74 Å². The number of aromatic nitrogens is 4. The number of nitrogens with zero attached hydrogens (tertiary/aromatic N) is 4. The van der Waals surface area contributed by atoms with Crippen LogP contribution in [0.2, 0.25) is 0 Å². The molecule has 0 radical (unpaired) electrons. The minimum atomic E-state index is -3.52. The van der Waals surface area contributed by atoms with Gasteiger partial charge in [-0.15, -0.1) is 0 Å². The van der Waals surface area contributed by atoms with Gasteiger partial charge in [-0.2, -0.15) is 4.68 Å². The van der Waals surface area contributed by atoms with Gasteiger partial charge in [0.25, 0.3) is 5.16 Å². The van der Waals surface area contributed by atoms with Crippen LogP contribution in [0.15, 0.2) is 59.8 Å². The van der Waals surface area contributed by atoms with Crippen LogP contribution in [-0.4, -0.2) is 34.9 Å². The molecule has 23 heavy (non-hydrogen) atoms. The first-order chi connectivity index (χ1) is 11.0. The molecule has 3 aromatic rings. The van der Waals surface area contributed by atoms with Crippen molar-refractivity contribution < 1.29 is 13.2 Å². The molecule has 0 unspecified atom stereocenters. The molecule has 3 rings (SSSR count). The number of benzene rings is 2. The zero-order chi connectivity index (χ0) is 16.3. The van der Waals surface area contributed by atoms with Crippen molar-refractivity contribution in [3.8, 4) is 11.4 Å². The summed E-state index contributed by atoms with van der Waals surface area (Å²) < 4.78 is 30.3. The van der Waals surface area contributed by atoms with E-state index < -0.39 is 9.84 Å². The van der Waals surface area contributed by atoms with E-state index in [1.165, 1.54) is 4.68 Å². The molecule has 118 valence electrons. The van der Waals surface area contributed by atoms with E-state index in [9.17, 15) is 8.42 Å². The Bertz CT molecular complexity index is 907. The third-order valence-electron chi connectivity index (χ3n) is 3.08. The number of tetrazole rings is 1. The van der Waals surface area contributed by atoms with Crippen LogP contribution in [0.4, 0.5) is 0 Å². The Morgan fingerprint density at radius 2 is 1.87 bits per heavy atom. The van der Waals surface area contributed by atoms with Gasteiger partial charge in [0, 0.05) is 12.3 Å². The predicted molar refractivity (Wildman–Crippen MR) is 83.0 cm³/mol. The lowest BCUT2D eigenvalue weighted by Gasteiger charge is -2.08. The molecular weight excluding hydrogens is 316 g/mol. The number of ether oxygens (including phenoxy) is 1. The van der Waals surface area contributed by atoms with E-state index in [2.05, 4.69) is 15.5 Å². The van der Waals surface area contributed by atoms with Crippen molar-refractivity contribution in [2.24, 2.45) is 0 Å². The second-order valence-electron chi connectivity index (χ2n) is 4.92. The monoisotopic (exact) mass is 330 g/mol. The standard InChI is InChI=1S/C15H14N4O3S/c1-23(20,21)15-16-17-18-19(15)13-8-5-9-14(10-13)22-11-12-6-3-2-4-7-12/h2-10H,11H2,1H3. The van der Waals surface area contributed by atoms with Crippen LogP contribution in [0.3, 0.4) is 0 Å². The molecule has 0 amide bonds. The zero-order valence-electron chi connectivity index (χ0n) is 12.3. The minimum Gasteiger partial charge on any atom is -0.489 e. The summed E-state index contributed by atoms with van der Waals surface area (Å²) in [7, 11) is -3.52. The molecule has 7 nitrogen and oxygen atoms in total. The zero-order valence-corrected chi connectivity index (χ0v) is 13.1. The van der Waals surface area contributed by atoms with E-state index in [1.807, 2.05) is 30.3 Å². The highest BCUT2D eigenvalue weighted by Crippen LogP contribution is 2.19. The van der Waals surface area contributed by atoms with Gasteiger partial charge in [-0.25, -0.2) is 8.42 Å². The van der Waals surface area contributed by atoms with Crippen molar-refractivity contribution in [3.05, 3.63) is 60.2 Å². The molecule has 0 aliphatic heterocycles. The average Bonchev–Trinajstić information content (AvgIpc) is 3.04. The van der Waals surface area contributed by atoms with Gasteiger partial charge in [-0.1, -0.05) is 41.5 Å². The second-order valence-corrected chi connectivity index (χ2v) is 6.83. The summed E-state index contributed by atoms with van der Waals surface area (Å²) in [6.07, 6.45) is 1.06. The van der Waals surface area contributed by atoms with Crippen molar-refractivity contribution >= 4 is 9.84 Å². The summed E-state index contributed by atoms with van der Waals surface area (Å²) in [4.78, 5) is 0. The maximum atomic E-state index is 11.7. The molecule has 0 aliphatic carbocycles. The summed E-state index contributed by atoms with van der Waals surface area (Å²) >= 11 is 0.